The van der Waals surface area contributed by atoms with Gasteiger partial charge >= 0.3 is 4.87 Å². The van der Waals surface area contributed by atoms with Crippen molar-refractivity contribution in [2.75, 3.05) is 22.7 Å². The van der Waals surface area contributed by atoms with Crippen molar-refractivity contribution < 1.29 is 8.42 Å². The molecule has 1 N–H and O–H groups in total. The van der Waals surface area contributed by atoms with Gasteiger partial charge in [-0.3, -0.25) is 14.1 Å². The number of hydrogen-bond donors (Lipinski definition) is 1. The van der Waals surface area contributed by atoms with Crippen LogP contribution in [0.4, 0.5) is 11.4 Å². The van der Waals surface area contributed by atoms with Crippen LogP contribution in [0.3, 0.4) is 0 Å². The Morgan fingerprint density at radius 3 is 2.46 bits per heavy atom. The first-order valence-corrected chi connectivity index (χ1v) is 11.8. The van der Waals surface area contributed by atoms with E-state index in [9.17, 15) is 13.2 Å². The third kappa shape index (κ3) is 3.66. The second kappa shape index (κ2) is 7.60. The molecule has 0 atom stereocenters. The Kier molecular flexibility index (Phi) is 5.16. The molecule has 1 aromatic heterocycles. The minimum absolute atomic E-state index is 0.0585. The van der Waals surface area contributed by atoms with Crippen LogP contribution in [0.2, 0.25) is 0 Å². The van der Waals surface area contributed by atoms with Gasteiger partial charge in [0.25, 0.3) is 10.0 Å². The van der Waals surface area contributed by atoms with Crippen LogP contribution in [0.5, 0.6) is 0 Å². The van der Waals surface area contributed by atoms with E-state index in [4.69, 9.17) is 0 Å². The van der Waals surface area contributed by atoms with E-state index in [0.717, 1.165) is 42.1 Å². The summed E-state index contributed by atoms with van der Waals surface area (Å²) < 4.78 is 30.6. The molecule has 2 aromatic carbocycles. The van der Waals surface area contributed by atoms with Gasteiger partial charge in [-0.05, 0) is 61.7 Å². The molecule has 0 saturated carbocycles. The smallest absolute Gasteiger partial charge is 0.308 e. The number of thiazole rings is 1. The van der Waals surface area contributed by atoms with Gasteiger partial charge < -0.3 is 4.90 Å². The summed E-state index contributed by atoms with van der Waals surface area (Å²) in [6, 6.07) is 12.3. The topological polar surface area (TPSA) is 71.4 Å². The minimum Gasteiger partial charge on any atom is -0.372 e. The number of sulfonamides is 1. The van der Waals surface area contributed by atoms with Crippen molar-refractivity contribution in [2.45, 2.75) is 37.6 Å². The van der Waals surface area contributed by atoms with E-state index < -0.39 is 10.0 Å². The van der Waals surface area contributed by atoms with Gasteiger partial charge in [-0.25, -0.2) is 8.42 Å². The van der Waals surface area contributed by atoms with E-state index in [1.807, 2.05) is 19.1 Å². The van der Waals surface area contributed by atoms with Gasteiger partial charge in [0.2, 0.25) is 0 Å². The fourth-order valence-electron chi connectivity index (χ4n) is 3.58. The molecule has 0 bridgehead atoms. The lowest BCUT2D eigenvalue weighted by atomic mass is 10.2. The summed E-state index contributed by atoms with van der Waals surface area (Å²) >= 11 is 1.08. The van der Waals surface area contributed by atoms with Gasteiger partial charge in [-0.2, -0.15) is 0 Å². The third-order valence-corrected chi connectivity index (χ3v) is 7.31. The molecule has 1 aliphatic heterocycles. The molecule has 1 fully saturated rings. The minimum atomic E-state index is -3.72. The summed E-state index contributed by atoms with van der Waals surface area (Å²) in [7, 11) is -3.72. The highest BCUT2D eigenvalue weighted by Crippen LogP contribution is 2.26. The number of nitrogens with zero attached hydrogens (tertiary/aromatic N) is 2. The molecule has 1 aliphatic rings. The SMILES string of the molecule is CCCn1c(=O)sc2cc(S(=O)(=O)Nc3ccc(N4CCCC4)cc3)ccc21. The van der Waals surface area contributed by atoms with E-state index in [1.54, 1.807) is 34.9 Å². The first-order valence-electron chi connectivity index (χ1n) is 9.49. The average Bonchev–Trinajstić information content (AvgIpc) is 3.31. The maximum absolute atomic E-state index is 12.8. The molecular formula is C20H23N3O3S2. The molecule has 1 saturated heterocycles. The highest BCUT2D eigenvalue weighted by atomic mass is 32.2. The summed E-state index contributed by atoms with van der Waals surface area (Å²) in [5.74, 6) is 0. The van der Waals surface area contributed by atoms with Crippen LogP contribution in [0.15, 0.2) is 52.2 Å². The number of fused-ring (bicyclic) bond motifs is 1. The number of aromatic nitrogens is 1. The van der Waals surface area contributed by atoms with E-state index in [-0.39, 0.29) is 9.77 Å². The zero-order chi connectivity index (χ0) is 19.7. The predicted molar refractivity (Wildman–Crippen MR) is 115 cm³/mol. The fraction of sp³-hybridized carbons (Fsp3) is 0.350. The second-order valence-electron chi connectivity index (χ2n) is 7.00. The van der Waals surface area contributed by atoms with Gasteiger partial charge in [0.15, 0.2) is 0 Å². The summed E-state index contributed by atoms with van der Waals surface area (Å²) in [6.45, 7) is 4.73. The van der Waals surface area contributed by atoms with Crippen LogP contribution in [-0.2, 0) is 16.6 Å². The first-order chi connectivity index (χ1) is 13.5. The number of nitrogens with one attached hydrogen (secondary N) is 1. The van der Waals surface area contributed by atoms with Gasteiger partial charge in [0.05, 0.1) is 15.1 Å². The number of benzene rings is 2. The highest BCUT2D eigenvalue weighted by Gasteiger charge is 2.18. The Morgan fingerprint density at radius 1 is 1.07 bits per heavy atom. The normalized spacial score (nSPS) is 14.7. The fourth-order valence-corrected chi connectivity index (χ4v) is 5.69. The zero-order valence-corrected chi connectivity index (χ0v) is 17.4. The molecule has 28 heavy (non-hydrogen) atoms. The van der Waals surface area contributed by atoms with Crippen LogP contribution in [0.25, 0.3) is 10.2 Å². The highest BCUT2D eigenvalue weighted by molar-refractivity contribution is 7.92. The lowest BCUT2D eigenvalue weighted by Crippen LogP contribution is -2.17. The lowest BCUT2D eigenvalue weighted by Gasteiger charge is -2.18. The van der Waals surface area contributed by atoms with Crippen molar-refractivity contribution in [2.24, 2.45) is 0 Å². The molecule has 148 valence electrons. The maximum atomic E-state index is 12.8. The zero-order valence-electron chi connectivity index (χ0n) is 15.7. The predicted octanol–water partition coefficient (Wildman–Crippen LogP) is 3.87. The Balaban J connectivity index is 1.58. The molecule has 0 radical (unpaired) electrons. The van der Waals surface area contributed by atoms with Crippen LogP contribution in [0, 0.1) is 0 Å². The second-order valence-corrected chi connectivity index (χ2v) is 9.67. The molecule has 3 aromatic rings. The molecule has 0 amide bonds. The Morgan fingerprint density at radius 2 is 1.79 bits per heavy atom. The number of aryl methyl sites for hydroxylation is 1. The van der Waals surface area contributed by atoms with Crippen molar-refractivity contribution >= 4 is 43.0 Å². The molecule has 6 nitrogen and oxygen atoms in total. The largest absolute Gasteiger partial charge is 0.372 e. The molecule has 0 aliphatic carbocycles. The van der Waals surface area contributed by atoms with Crippen LogP contribution in [0.1, 0.15) is 26.2 Å². The summed E-state index contributed by atoms with van der Waals surface area (Å²) in [5.41, 5.74) is 2.43. The number of hydrogen-bond acceptors (Lipinski definition) is 5. The Hall–Kier alpha value is -2.32. The monoisotopic (exact) mass is 417 g/mol. The third-order valence-electron chi connectivity index (χ3n) is 4.99. The van der Waals surface area contributed by atoms with Crippen molar-refractivity contribution in [3.8, 4) is 0 Å². The standard InChI is InChI=1S/C20H23N3O3S2/c1-2-11-23-18-10-9-17(14-19(18)27-20(23)24)28(25,26)21-15-5-7-16(8-6-15)22-12-3-4-13-22/h5-10,14,21H,2-4,11-13H2,1H3. The average molecular weight is 418 g/mol. The number of anilines is 2. The van der Waals surface area contributed by atoms with E-state index in [2.05, 4.69) is 9.62 Å². The van der Waals surface area contributed by atoms with Gasteiger partial charge in [0, 0.05) is 31.0 Å². The van der Waals surface area contributed by atoms with Gasteiger partial charge in [0.1, 0.15) is 0 Å². The maximum Gasteiger partial charge on any atom is 0.308 e. The van der Waals surface area contributed by atoms with Crippen LogP contribution >= 0.6 is 11.3 Å². The Bertz CT molecular complexity index is 1140. The molecular weight excluding hydrogens is 394 g/mol. The van der Waals surface area contributed by atoms with E-state index >= 15 is 0 Å². The summed E-state index contributed by atoms with van der Waals surface area (Å²) in [4.78, 5) is 14.5. The first kappa shape index (κ1) is 19.0. The molecule has 8 heteroatoms. The Labute approximate surface area is 168 Å². The molecule has 0 spiro atoms. The quantitative estimate of drug-likeness (QED) is 0.661. The van der Waals surface area contributed by atoms with Crippen molar-refractivity contribution in [3.05, 3.63) is 52.1 Å². The van der Waals surface area contributed by atoms with Crippen LogP contribution in [-0.4, -0.2) is 26.1 Å². The van der Waals surface area contributed by atoms with E-state index in [0.29, 0.717) is 16.9 Å². The summed E-state index contributed by atoms with van der Waals surface area (Å²) in [6.07, 6.45) is 3.24. The summed E-state index contributed by atoms with van der Waals surface area (Å²) in [5, 5.41) is 0. The molecule has 2 heterocycles. The van der Waals surface area contributed by atoms with Gasteiger partial charge in [-0.15, -0.1) is 0 Å². The van der Waals surface area contributed by atoms with Crippen molar-refractivity contribution in [1.82, 2.24) is 4.57 Å². The number of rotatable bonds is 6. The van der Waals surface area contributed by atoms with Gasteiger partial charge in [-0.1, -0.05) is 18.3 Å². The van der Waals surface area contributed by atoms with Crippen LogP contribution < -0.4 is 14.5 Å². The molecule has 0 unspecified atom stereocenters. The molecule has 4 rings (SSSR count). The van der Waals surface area contributed by atoms with E-state index in [1.165, 1.54) is 12.8 Å². The van der Waals surface area contributed by atoms with Crippen molar-refractivity contribution in [3.63, 3.8) is 0 Å². The lowest BCUT2D eigenvalue weighted by molar-refractivity contribution is 0.601. The van der Waals surface area contributed by atoms with Crippen molar-refractivity contribution in [1.29, 1.82) is 0 Å².